The Balaban J connectivity index is 2.01. The van der Waals surface area contributed by atoms with Crippen molar-refractivity contribution < 1.29 is 9.84 Å². The molecule has 3 heteroatoms. The number of aliphatic hydroxyl groups is 1. The van der Waals surface area contributed by atoms with Gasteiger partial charge in [0.25, 0.3) is 0 Å². The van der Waals surface area contributed by atoms with Gasteiger partial charge in [-0.3, -0.25) is 0 Å². The van der Waals surface area contributed by atoms with E-state index in [0.29, 0.717) is 19.6 Å². The summed E-state index contributed by atoms with van der Waals surface area (Å²) in [5.41, 5.74) is 9.41. The first kappa shape index (κ1) is 17.1. The van der Waals surface area contributed by atoms with Gasteiger partial charge in [-0.2, -0.15) is 0 Å². The van der Waals surface area contributed by atoms with E-state index in [1.54, 1.807) is 0 Å². The number of hydrogen-bond acceptors (Lipinski definition) is 3. The summed E-state index contributed by atoms with van der Waals surface area (Å²) in [4.78, 5) is 0. The molecular formula is C20H23NO2. The lowest BCUT2D eigenvalue weighted by molar-refractivity contribution is 0.170. The predicted molar refractivity (Wildman–Crippen MR) is 93.4 cm³/mol. The van der Waals surface area contributed by atoms with Crippen LogP contribution >= 0.6 is 0 Å². The average molecular weight is 309 g/mol. The van der Waals surface area contributed by atoms with Crippen LogP contribution in [0, 0.1) is 25.7 Å². The first-order valence-electron chi connectivity index (χ1n) is 7.78. The zero-order valence-corrected chi connectivity index (χ0v) is 13.7. The third-order valence-corrected chi connectivity index (χ3v) is 3.64. The fraction of sp³-hybridized carbons (Fsp3) is 0.300. The molecule has 0 amide bonds. The smallest absolute Gasteiger partial charge is 0.149 e. The Morgan fingerprint density at radius 1 is 1.13 bits per heavy atom. The molecule has 1 unspecified atom stereocenters. The van der Waals surface area contributed by atoms with Crippen LogP contribution < -0.4 is 10.5 Å². The average Bonchev–Trinajstić information content (AvgIpc) is 2.54. The van der Waals surface area contributed by atoms with E-state index < -0.39 is 6.10 Å². The highest BCUT2D eigenvalue weighted by Crippen LogP contribution is 2.22. The maximum Gasteiger partial charge on any atom is 0.149 e. The molecule has 0 aromatic heterocycles. The summed E-state index contributed by atoms with van der Waals surface area (Å²) in [5.74, 6) is 7.00. The Kier molecular flexibility index (Phi) is 6.22. The minimum Gasteiger partial charge on any atom is -0.480 e. The van der Waals surface area contributed by atoms with Crippen LogP contribution in [0.15, 0.2) is 42.5 Å². The van der Waals surface area contributed by atoms with Crippen molar-refractivity contribution in [1.82, 2.24) is 0 Å². The molecule has 1 atom stereocenters. The van der Waals surface area contributed by atoms with Crippen LogP contribution in [-0.4, -0.2) is 18.3 Å². The lowest BCUT2D eigenvalue weighted by atomic mass is 10.0. The fourth-order valence-electron chi connectivity index (χ4n) is 2.42. The van der Waals surface area contributed by atoms with Gasteiger partial charge in [0.15, 0.2) is 0 Å². The minimum absolute atomic E-state index is 0.335. The van der Waals surface area contributed by atoms with Crippen molar-refractivity contribution >= 4 is 0 Å². The highest BCUT2D eigenvalue weighted by Gasteiger charge is 2.06. The number of nitrogens with two attached hydrogens (primary N) is 1. The van der Waals surface area contributed by atoms with E-state index in [1.807, 2.05) is 56.3 Å². The van der Waals surface area contributed by atoms with Crippen LogP contribution in [0.4, 0.5) is 0 Å². The molecule has 2 rings (SSSR count). The van der Waals surface area contributed by atoms with Crippen molar-refractivity contribution in [1.29, 1.82) is 0 Å². The number of ether oxygens (including phenoxy) is 1. The standard InChI is InChI=1S/C20H23NO2/c1-15-6-3-7-16(2)20(15)23-13-5-9-17-8-4-10-18(14-17)19(22)11-12-21/h3-4,6-8,10,14,19,22H,11-13,21H2,1-2H3. The summed E-state index contributed by atoms with van der Waals surface area (Å²) in [6.07, 6.45) is 0.0136. The van der Waals surface area contributed by atoms with Crippen molar-refractivity contribution in [3.63, 3.8) is 0 Å². The molecule has 0 aliphatic rings. The molecule has 0 radical (unpaired) electrons. The van der Waals surface area contributed by atoms with Crippen LogP contribution in [0.3, 0.4) is 0 Å². The summed E-state index contributed by atoms with van der Waals surface area (Å²) < 4.78 is 5.77. The van der Waals surface area contributed by atoms with Gasteiger partial charge in [-0.25, -0.2) is 0 Å². The van der Waals surface area contributed by atoms with Crippen molar-refractivity contribution in [2.45, 2.75) is 26.4 Å². The largest absolute Gasteiger partial charge is 0.480 e. The molecule has 0 aliphatic heterocycles. The summed E-state index contributed by atoms with van der Waals surface area (Å²) in [6.45, 7) is 4.85. The normalized spacial score (nSPS) is 11.5. The zero-order valence-electron chi connectivity index (χ0n) is 13.7. The summed E-state index contributed by atoms with van der Waals surface area (Å²) in [7, 11) is 0. The van der Waals surface area contributed by atoms with E-state index in [-0.39, 0.29) is 0 Å². The molecule has 0 saturated carbocycles. The van der Waals surface area contributed by atoms with E-state index in [1.165, 1.54) is 0 Å². The van der Waals surface area contributed by atoms with Crippen molar-refractivity contribution in [2.24, 2.45) is 5.73 Å². The van der Waals surface area contributed by atoms with Gasteiger partial charge in [-0.1, -0.05) is 42.2 Å². The van der Waals surface area contributed by atoms with Crippen LogP contribution in [0.1, 0.15) is 34.8 Å². The third kappa shape index (κ3) is 4.85. The molecule has 3 nitrogen and oxygen atoms in total. The number of hydrogen-bond donors (Lipinski definition) is 2. The van der Waals surface area contributed by atoms with Gasteiger partial charge in [0.2, 0.25) is 0 Å². The highest BCUT2D eigenvalue weighted by molar-refractivity contribution is 5.41. The van der Waals surface area contributed by atoms with Gasteiger partial charge in [0.05, 0.1) is 6.10 Å². The molecule has 2 aromatic carbocycles. The van der Waals surface area contributed by atoms with Crippen molar-refractivity contribution in [3.05, 3.63) is 64.7 Å². The summed E-state index contributed by atoms with van der Waals surface area (Å²) in [6, 6.07) is 13.7. The lowest BCUT2D eigenvalue weighted by Crippen LogP contribution is -2.06. The summed E-state index contributed by atoms with van der Waals surface area (Å²) >= 11 is 0. The monoisotopic (exact) mass is 309 g/mol. The minimum atomic E-state index is -0.535. The van der Waals surface area contributed by atoms with Crippen molar-refractivity contribution in [2.75, 3.05) is 13.2 Å². The van der Waals surface area contributed by atoms with Crippen LogP contribution in [0.25, 0.3) is 0 Å². The van der Waals surface area contributed by atoms with E-state index >= 15 is 0 Å². The van der Waals surface area contributed by atoms with Gasteiger partial charge >= 0.3 is 0 Å². The molecule has 120 valence electrons. The maximum atomic E-state index is 9.97. The predicted octanol–water partition coefficient (Wildman–Crippen LogP) is 3.12. The maximum absolute atomic E-state index is 9.97. The number of benzene rings is 2. The molecule has 0 saturated heterocycles. The molecule has 0 aliphatic carbocycles. The molecule has 2 aromatic rings. The quantitative estimate of drug-likeness (QED) is 0.834. The Hall–Kier alpha value is -2.28. The number of aryl methyl sites for hydroxylation is 2. The molecule has 23 heavy (non-hydrogen) atoms. The Bertz CT molecular complexity index is 693. The second kappa shape index (κ2) is 8.38. The second-order valence-corrected chi connectivity index (χ2v) is 5.53. The highest BCUT2D eigenvalue weighted by atomic mass is 16.5. The van der Waals surface area contributed by atoms with Gasteiger partial charge in [-0.15, -0.1) is 0 Å². The number of aliphatic hydroxyl groups excluding tert-OH is 1. The van der Waals surface area contributed by atoms with E-state index in [2.05, 4.69) is 11.8 Å². The molecule has 3 N–H and O–H groups in total. The third-order valence-electron chi connectivity index (χ3n) is 3.64. The van der Waals surface area contributed by atoms with E-state index in [0.717, 1.165) is 28.0 Å². The molecule has 0 heterocycles. The molecular weight excluding hydrogens is 286 g/mol. The fourth-order valence-corrected chi connectivity index (χ4v) is 2.42. The Labute approximate surface area is 138 Å². The Morgan fingerprint density at radius 3 is 2.52 bits per heavy atom. The molecule has 0 fully saturated rings. The Morgan fingerprint density at radius 2 is 1.83 bits per heavy atom. The van der Waals surface area contributed by atoms with Gasteiger partial charge in [-0.05, 0) is 55.6 Å². The van der Waals surface area contributed by atoms with Crippen LogP contribution in [0.5, 0.6) is 5.75 Å². The second-order valence-electron chi connectivity index (χ2n) is 5.53. The van der Waals surface area contributed by atoms with Gasteiger partial charge in [0, 0.05) is 5.56 Å². The van der Waals surface area contributed by atoms with Gasteiger partial charge in [0.1, 0.15) is 12.4 Å². The van der Waals surface area contributed by atoms with E-state index in [9.17, 15) is 5.11 Å². The van der Waals surface area contributed by atoms with Gasteiger partial charge < -0.3 is 15.6 Å². The number of para-hydroxylation sites is 1. The van der Waals surface area contributed by atoms with Crippen molar-refractivity contribution in [3.8, 4) is 17.6 Å². The lowest BCUT2D eigenvalue weighted by Gasteiger charge is -2.09. The van der Waals surface area contributed by atoms with Crippen LogP contribution in [0.2, 0.25) is 0 Å². The molecule has 0 spiro atoms. The number of rotatable bonds is 5. The summed E-state index contributed by atoms with van der Waals surface area (Å²) in [5, 5.41) is 9.97. The SMILES string of the molecule is Cc1cccc(C)c1OCC#Cc1cccc(C(O)CCN)c1. The van der Waals surface area contributed by atoms with Crippen LogP contribution in [-0.2, 0) is 0 Å². The zero-order chi connectivity index (χ0) is 16.7. The first-order valence-corrected chi connectivity index (χ1v) is 7.78. The van der Waals surface area contributed by atoms with E-state index in [4.69, 9.17) is 10.5 Å². The first-order chi connectivity index (χ1) is 11.1. The topological polar surface area (TPSA) is 55.5 Å². The molecule has 0 bridgehead atoms.